The number of oxazole rings is 1. The maximum absolute atomic E-state index is 11.6. The number of benzene rings is 1. The number of Topliss-reactive ketones (excluding diaryl/α,β-unsaturated/α-hetero) is 1. The molecule has 78 valence electrons. The molecule has 0 saturated heterocycles. The number of nitrogens with one attached hydrogen (secondary N) is 1. The van der Waals surface area contributed by atoms with Crippen LogP contribution in [0.15, 0.2) is 22.6 Å². The minimum Gasteiger partial charge on any atom is -0.441 e. The number of carbonyl (C=O) groups excluding carboxylic acids is 1. The summed E-state index contributed by atoms with van der Waals surface area (Å²) in [7, 11) is 1.75. The molecular formula is C11H12N2O2. The number of rotatable bonds is 3. The molecule has 0 fully saturated rings. The lowest BCUT2D eigenvalue weighted by Gasteiger charge is -1.98. The van der Waals surface area contributed by atoms with E-state index in [0.717, 1.165) is 5.52 Å². The molecule has 15 heavy (non-hydrogen) atoms. The minimum absolute atomic E-state index is 0.0495. The summed E-state index contributed by atoms with van der Waals surface area (Å²) < 4.78 is 5.35. The Bertz CT molecular complexity index is 502. The second-order valence-electron chi connectivity index (χ2n) is 3.37. The molecule has 0 aliphatic carbocycles. The maximum atomic E-state index is 11.6. The molecule has 0 amide bonds. The van der Waals surface area contributed by atoms with Crippen LogP contribution in [0.5, 0.6) is 0 Å². The van der Waals surface area contributed by atoms with E-state index in [1.807, 2.05) is 0 Å². The average Bonchev–Trinajstić information content (AvgIpc) is 2.57. The van der Waals surface area contributed by atoms with Gasteiger partial charge in [0.2, 0.25) is 0 Å². The monoisotopic (exact) mass is 204 g/mol. The number of hydrogen-bond acceptors (Lipinski definition) is 4. The van der Waals surface area contributed by atoms with Crippen LogP contribution >= 0.6 is 0 Å². The van der Waals surface area contributed by atoms with Crippen LogP contribution in [-0.2, 0) is 0 Å². The molecule has 2 aromatic rings. The summed E-state index contributed by atoms with van der Waals surface area (Å²) in [6, 6.07) is 5.30. The van der Waals surface area contributed by atoms with Crippen molar-refractivity contribution in [2.75, 3.05) is 13.6 Å². The zero-order chi connectivity index (χ0) is 10.8. The third-order valence-corrected chi connectivity index (χ3v) is 2.15. The number of likely N-dealkylation sites (N-methyl/N-ethyl adjacent to an activating group) is 1. The predicted molar refractivity (Wildman–Crippen MR) is 57.0 cm³/mol. The third-order valence-electron chi connectivity index (χ3n) is 2.15. The van der Waals surface area contributed by atoms with Gasteiger partial charge in [-0.1, -0.05) is 0 Å². The number of ketones is 1. The van der Waals surface area contributed by atoms with Crippen molar-refractivity contribution < 1.29 is 9.21 Å². The fourth-order valence-corrected chi connectivity index (χ4v) is 1.48. The van der Waals surface area contributed by atoms with Gasteiger partial charge >= 0.3 is 0 Å². The summed E-state index contributed by atoms with van der Waals surface area (Å²) in [6.07, 6.45) is 0. The molecule has 4 nitrogen and oxygen atoms in total. The van der Waals surface area contributed by atoms with Gasteiger partial charge in [0.15, 0.2) is 17.3 Å². The van der Waals surface area contributed by atoms with E-state index in [2.05, 4.69) is 10.3 Å². The van der Waals surface area contributed by atoms with Gasteiger partial charge in [-0.3, -0.25) is 4.79 Å². The van der Waals surface area contributed by atoms with Crippen molar-refractivity contribution in [3.63, 3.8) is 0 Å². The van der Waals surface area contributed by atoms with Crippen LogP contribution in [0, 0.1) is 6.92 Å². The summed E-state index contributed by atoms with van der Waals surface area (Å²) in [6.45, 7) is 2.12. The maximum Gasteiger partial charge on any atom is 0.192 e. The van der Waals surface area contributed by atoms with E-state index in [4.69, 9.17) is 4.42 Å². The zero-order valence-corrected chi connectivity index (χ0v) is 8.70. The summed E-state index contributed by atoms with van der Waals surface area (Å²) >= 11 is 0. The van der Waals surface area contributed by atoms with Crippen molar-refractivity contribution >= 4 is 16.9 Å². The van der Waals surface area contributed by atoms with E-state index in [-0.39, 0.29) is 5.78 Å². The molecule has 0 aliphatic heterocycles. The van der Waals surface area contributed by atoms with Crippen molar-refractivity contribution in [1.82, 2.24) is 10.3 Å². The highest BCUT2D eigenvalue weighted by molar-refractivity contribution is 5.99. The molecule has 0 spiro atoms. The topological polar surface area (TPSA) is 55.1 Å². The molecule has 0 aliphatic rings. The van der Waals surface area contributed by atoms with Gasteiger partial charge in [-0.05, 0) is 25.2 Å². The molecule has 1 aromatic heterocycles. The molecule has 0 bridgehead atoms. The molecule has 1 heterocycles. The molecule has 0 atom stereocenters. The second-order valence-corrected chi connectivity index (χ2v) is 3.37. The van der Waals surface area contributed by atoms with Gasteiger partial charge in [-0.15, -0.1) is 0 Å². The van der Waals surface area contributed by atoms with Gasteiger partial charge in [0, 0.05) is 12.5 Å². The first-order valence-electron chi connectivity index (χ1n) is 4.75. The van der Waals surface area contributed by atoms with Crippen molar-refractivity contribution in [2.24, 2.45) is 0 Å². The number of aromatic nitrogens is 1. The van der Waals surface area contributed by atoms with Crippen LogP contribution in [0.4, 0.5) is 0 Å². The fourth-order valence-electron chi connectivity index (χ4n) is 1.48. The lowest BCUT2D eigenvalue weighted by Crippen LogP contribution is -2.18. The number of aryl methyl sites for hydroxylation is 1. The van der Waals surface area contributed by atoms with Crippen LogP contribution in [-0.4, -0.2) is 24.4 Å². The zero-order valence-electron chi connectivity index (χ0n) is 8.70. The van der Waals surface area contributed by atoms with Gasteiger partial charge in [-0.25, -0.2) is 4.98 Å². The van der Waals surface area contributed by atoms with Crippen LogP contribution in [0.25, 0.3) is 11.1 Å². The Morgan fingerprint density at radius 3 is 3.07 bits per heavy atom. The number of fused-ring (bicyclic) bond motifs is 1. The summed E-state index contributed by atoms with van der Waals surface area (Å²) in [5.74, 6) is 0.664. The van der Waals surface area contributed by atoms with Gasteiger partial charge in [0.1, 0.15) is 5.52 Å². The highest BCUT2D eigenvalue weighted by Crippen LogP contribution is 2.16. The molecule has 0 saturated carbocycles. The van der Waals surface area contributed by atoms with Gasteiger partial charge in [0.05, 0.1) is 6.54 Å². The Kier molecular flexibility index (Phi) is 2.51. The summed E-state index contributed by atoms with van der Waals surface area (Å²) in [5, 5.41) is 2.82. The van der Waals surface area contributed by atoms with Crippen LogP contribution in [0.3, 0.4) is 0 Å². The molecular weight excluding hydrogens is 192 g/mol. The lowest BCUT2D eigenvalue weighted by atomic mass is 10.1. The first kappa shape index (κ1) is 9.86. The Labute approximate surface area is 87.3 Å². The number of nitrogens with zero attached hydrogens (tertiary/aromatic N) is 1. The lowest BCUT2D eigenvalue weighted by molar-refractivity contribution is 0.0993. The van der Waals surface area contributed by atoms with Crippen LogP contribution in [0.2, 0.25) is 0 Å². The number of carbonyl (C=O) groups is 1. The molecule has 0 radical (unpaired) electrons. The Hall–Kier alpha value is -1.68. The standard InChI is InChI=1S/C11H12N2O2/c1-7-13-9-4-3-8(5-11(9)15-7)10(14)6-12-2/h3-5,12H,6H2,1-2H3. The van der Waals surface area contributed by atoms with Gasteiger partial charge in [0.25, 0.3) is 0 Å². The molecule has 1 N–H and O–H groups in total. The smallest absolute Gasteiger partial charge is 0.192 e. The van der Waals surface area contributed by atoms with Gasteiger partial charge in [-0.2, -0.15) is 0 Å². The Morgan fingerprint density at radius 1 is 1.53 bits per heavy atom. The molecule has 4 heteroatoms. The van der Waals surface area contributed by atoms with E-state index >= 15 is 0 Å². The first-order valence-corrected chi connectivity index (χ1v) is 4.75. The quantitative estimate of drug-likeness (QED) is 0.770. The second kappa shape index (κ2) is 3.82. The van der Waals surface area contributed by atoms with E-state index in [1.165, 1.54) is 0 Å². The van der Waals surface area contributed by atoms with E-state index < -0.39 is 0 Å². The largest absolute Gasteiger partial charge is 0.441 e. The summed E-state index contributed by atoms with van der Waals surface area (Å²) in [5.41, 5.74) is 2.09. The third kappa shape index (κ3) is 1.89. The normalized spacial score (nSPS) is 10.8. The van der Waals surface area contributed by atoms with Crippen molar-refractivity contribution in [3.05, 3.63) is 29.7 Å². The average molecular weight is 204 g/mol. The predicted octanol–water partition coefficient (Wildman–Crippen LogP) is 1.54. The number of hydrogen-bond donors (Lipinski definition) is 1. The highest BCUT2D eigenvalue weighted by Gasteiger charge is 2.08. The molecule has 1 aromatic carbocycles. The Balaban J connectivity index is 2.41. The minimum atomic E-state index is 0.0495. The van der Waals surface area contributed by atoms with Crippen LogP contribution in [0.1, 0.15) is 16.2 Å². The first-order chi connectivity index (χ1) is 7.20. The van der Waals surface area contributed by atoms with Gasteiger partial charge < -0.3 is 9.73 Å². The van der Waals surface area contributed by atoms with E-state index in [0.29, 0.717) is 23.6 Å². The van der Waals surface area contributed by atoms with E-state index in [1.54, 1.807) is 32.2 Å². The fraction of sp³-hybridized carbons (Fsp3) is 0.273. The van der Waals surface area contributed by atoms with Crippen molar-refractivity contribution in [2.45, 2.75) is 6.92 Å². The highest BCUT2D eigenvalue weighted by atomic mass is 16.3. The molecule has 0 unspecified atom stereocenters. The van der Waals surface area contributed by atoms with Crippen LogP contribution < -0.4 is 5.32 Å². The SMILES string of the molecule is CNCC(=O)c1ccc2nc(C)oc2c1. The van der Waals surface area contributed by atoms with Crippen molar-refractivity contribution in [1.29, 1.82) is 0 Å². The van der Waals surface area contributed by atoms with Crippen molar-refractivity contribution in [3.8, 4) is 0 Å². The van der Waals surface area contributed by atoms with E-state index in [9.17, 15) is 4.79 Å². The Morgan fingerprint density at radius 2 is 2.33 bits per heavy atom. The summed E-state index contributed by atoms with van der Waals surface area (Å²) in [4.78, 5) is 15.7. The molecule has 2 rings (SSSR count).